The number of rotatable bonds is 14. The first-order valence-corrected chi connectivity index (χ1v) is 10.5. The van der Waals surface area contributed by atoms with Crippen LogP contribution in [0.5, 0.6) is 0 Å². The van der Waals surface area contributed by atoms with Crippen molar-refractivity contribution < 1.29 is 14.6 Å². The molecule has 0 heterocycles. The Bertz CT molecular complexity index is 583. The number of carbonyl (C=O) groups is 1. The van der Waals surface area contributed by atoms with Crippen molar-refractivity contribution in [3.63, 3.8) is 0 Å². The molecule has 0 aromatic heterocycles. The van der Waals surface area contributed by atoms with Crippen LogP contribution in [-0.2, 0) is 16.1 Å². The molecule has 3 nitrogen and oxygen atoms in total. The smallest absolute Gasteiger partial charge is 0.303 e. The average Bonchev–Trinajstić information content (AvgIpc) is 2.65. The van der Waals surface area contributed by atoms with E-state index in [1.807, 2.05) is 31.2 Å². The Morgan fingerprint density at radius 1 is 1.07 bits per heavy atom. The predicted octanol–water partition coefficient (Wildman–Crippen LogP) is 6.32. The van der Waals surface area contributed by atoms with Gasteiger partial charge < -0.3 is 9.84 Å². The highest BCUT2D eigenvalue weighted by molar-refractivity contribution is 5.67. The zero-order valence-electron chi connectivity index (χ0n) is 17.1. The molecule has 1 unspecified atom stereocenters. The Hall–Kier alpha value is -1.79. The maximum Gasteiger partial charge on any atom is 0.303 e. The van der Waals surface area contributed by atoms with Gasteiger partial charge in [0, 0.05) is 6.42 Å². The topological polar surface area (TPSA) is 46.5 Å². The average molecular weight is 373 g/mol. The monoisotopic (exact) mass is 372 g/mol. The lowest BCUT2D eigenvalue weighted by Gasteiger charge is -2.10. The van der Waals surface area contributed by atoms with E-state index in [-0.39, 0.29) is 12.3 Å². The lowest BCUT2D eigenvalue weighted by Crippen LogP contribution is -2.03. The maximum atomic E-state index is 10.8. The lowest BCUT2D eigenvalue weighted by molar-refractivity contribution is -0.137. The molecule has 150 valence electrons. The fourth-order valence-electron chi connectivity index (χ4n) is 3.08. The normalized spacial score (nSPS) is 11.6. The fraction of sp³-hybridized carbons (Fsp3) is 0.625. The molecule has 0 saturated heterocycles. The Morgan fingerprint density at radius 2 is 1.78 bits per heavy atom. The van der Waals surface area contributed by atoms with Gasteiger partial charge in [0.05, 0.1) is 13.0 Å². The first kappa shape index (κ1) is 23.2. The van der Waals surface area contributed by atoms with Crippen LogP contribution in [0.1, 0.15) is 95.1 Å². The molecular formula is C24H36O3. The van der Waals surface area contributed by atoms with E-state index >= 15 is 0 Å². The van der Waals surface area contributed by atoms with Gasteiger partial charge in [-0.25, -0.2) is 0 Å². The summed E-state index contributed by atoms with van der Waals surface area (Å²) in [5.74, 6) is 5.52. The second-order valence-electron chi connectivity index (χ2n) is 7.32. The number of carboxylic acids is 1. The van der Waals surface area contributed by atoms with E-state index in [9.17, 15) is 4.79 Å². The van der Waals surface area contributed by atoms with Crippen molar-refractivity contribution in [2.24, 2.45) is 0 Å². The third-order valence-electron chi connectivity index (χ3n) is 4.72. The van der Waals surface area contributed by atoms with E-state index in [4.69, 9.17) is 9.84 Å². The highest BCUT2D eigenvalue weighted by atomic mass is 16.5. The second kappa shape index (κ2) is 15.3. The molecule has 0 saturated carbocycles. The van der Waals surface area contributed by atoms with Crippen LogP contribution in [0.4, 0.5) is 0 Å². The summed E-state index contributed by atoms with van der Waals surface area (Å²) in [6, 6.07) is 7.97. The molecule has 1 aromatic rings. The Labute approximate surface area is 165 Å². The standard InChI is InChI=1S/C24H36O3/c1-3-4-5-6-7-8-9-10-11-12-13-17-27-20-22-15-14-16-23(19-22)21(2)18-24(25)26/h14-16,19,21H,3-11,17-18,20H2,1-2H3,(H,25,26). The van der Waals surface area contributed by atoms with Crippen molar-refractivity contribution >= 4 is 5.97 Å². The van der Waals surface area contributed by atoms with Gasteiger partial charge in [-0.2, -0.15) is 0 Å². The molecule has 0 fully saturated rings. The second-order valence-corrected chi connectivity index (χ2v) is 7.32. The van der Waals surface area contributed by atoms with Gasteiger partial charge in [0.1, 0.15) is 6.61 Å². The van der Waals surface area contributed by atoms with E-state index in [0.29, 0.717) is 13.2 Å². The van der Waals surface area contributed by atoms with Gasteiger partial charge in [-0.1, -0.05) is 89.0 Å². The summed E-state index contributed by atoms with van der Waals surface area (Å²) in [7, 11) is 0. The third kappa shape index (κ3) is 12.3. The zero-order chi connectivity index (χ0) is 19.7. The molecule has 0 amide bonds. The largest absolute Gasteiger partial charge is 0.481 e. The summed E-state index contributed by atoms with van der Waals surface area (Å²) < 4.78 is 5.63. The molecule has 1 rings (SSSR count). The Morgan fingerprint density at radius 3 is 2.48 bits per heavy atom. The van der Waals surface area contributed by atoms with E-state index in [1.54, 1.807) is 0 Å². The van der Waals surface area contributed by atoms with Crippen LogP contribution in [0.15, 0.2) is 24.3 Å². The highest BCUT2D eigenvalue weighted by Crippen LogP contribution is 2.20. The zero-order valence-corrected chi connectivity index (χ0v) is 17.1. The van der Waals surface area contributed by atoms with Crippen molar-refractivity contribution in [1.82, 2.24) is 0 Å². The molecule has 1 N–H and O–H groups in total. The van der Waals surface area contributed by atoms with Crippen molar-refractivity contribution in [2.75, 3.05) is 6.61 Å². The number of hydrogen-bond acceptors (Lipinski definition) is 2. The molecular weight excluding hydrogens is 336 g/mol. The number of hydrogen-bond donors (Lipinski definition) is 1. The van der Waals surface area contributed by atoms with Gasteiger partial charge in [0.2, 0.25) is 0 Å². The maximum absolute atomic E-state index is 10.8. The summed E-state index contributed by atoms with van der Waals surface area (Å²) in [5.41, 5.74) is 2.11. The van der Waals surface area contributed by atoms with Gasteiger partial charge in [0.25, 0.3) is 0 Å². The summed E-state index contributed by atoms with van der Waals surface area (Å²) in [6.07, 6.45) is 11.7. The minimum Gasteiger partial charge on any atom is -0.481 e. The van der Waals surface area contributed by atoms with Crippen molar-refractivity contribution in [1.29, 1.82) is 0 Å². The molecule has 27 heavy (non-hydrogen) atoms. The molecule has 0 radical (unpaired) electrons. The molecule has 3 heteroatoms. The Kier molecular flexibility index (Phi) is 13.2. The van der Waals surface area contributed by atoms with Gasteiger partial charge in [-0.3, -0.25) is 4.79 Å². The molecule has 0 aliphatic heterocycles. The minimum atomic E-state index is -0.768. The van der Waals surface area contributed by atoms with E-state index in [0.717, 1.165) is 17.5 Å². The Balaban J connectivity index is 2.11. The van der Waals surface area contributed by atoms with E-state index in [1.165, 1.54) is 51.4 Å². The van der Waals surface area contributed by atoms with Crippen LogP contribution in [0.25, 0.3) is 0 Å². The third-order valence-corrected chi connectivity index (χ3v) is 4.72. The van der Waals surface area contributed by atoms with Crippen molar-refractivity contribution in [3.8, 4) is 11.8 Å². The van der Waals surface area contributed by atoms with Gasteiger partial charge >= 0.3 is 5.97 Å². The summed E-state index contributed by atoms with van der Waals surface area (Å²) in [5, 5.41) is 8.91. The van der Waals surface area contributed by atoms with Crippen molar-refractivity contribution in [3.05, 3.63) is 35.4 Å². The van der Waals surface area contributed by atoms with Crippen LogP contribution < -0.4 is 0 Å². The molecule has 1 atom stereocenters. The van der Waals surface area contributed by atoms with Crippen LogP contribution in [0, 0.1) is 11.8 Å². The van der Waals surface area contributed by atoms with Crippen LogP contribution >= 0.6 is 0 Å². The fourth-order valence-corrected chi connectivity index (χ4v) is 3.08. The number of aliphatic carboxylic acids is 1. The minimum absolute atomic E-state index is 0.00823. The lowest BCUT2D eigenvalue weighted by atomic mass is 9.96. The van der Waals surface area contributed by atoms with Crippen molar-refractivity contribution in [2.45, 2.75) is 90.6 Å². The SMILES string of the molecule is CCCCCCCCCCC#CCOCc1cccc(C(C)CC(=O)O)c1. The quantitative estimate of drug-likeness (QED) is 0.307. The molecule has 0 aliphatic carbocycles. The van der Waals surface area contributed by atoms with E-state index in [2.05, 4.69) is 18.8 Å². The van der Waals surface area contributed by atoms with Gasteiger partial charge in [0.15, 0.2) is 0 Å². The number of ether oxygens (including phenoxy) is 1. The van der Waals surface area contributed by atoms with E-state index < -0.39 is 5.97 Å². The van der Waals surface area contributed by atoms with Gasteiger partial charge in [-0.15, -0.1) is 5.92 Å². The molecule has 1 aromatic carbocycles. The first-order chi connectivity index (χ1) is 13.1. The summed E-state index contributed by atoms with van der Waals surface area (Å²) in [6.45, 7) is 5.15. The van der Waals surface area contributed by atoms with Crippen LogP contribution in [0.2, 0.25) is 0 Å². The van der Waals surface area contributed by atoms with Crippen LogP contribution in [0.3, 0.4) is 0 Å². The highest BCUT2D eigenvalue weighted by Gasteiger charge is 2.10. The van der Waals surface area contributed by atoms with Gasteiger partial charge in [-0.05, 0) is 23.5 Å². The first-order valence-electron chi connectivity index (χ1n) is 10.5. The number of benzene rings is 1. The predicted molar refractivity (Wildman–Crippen MR) is 112 cm³/mol. The molecule has 0 spiro atoms. The number of carboxylic acid groups (broad SMARTS) is 1. The van der Waals surface area contributed by atoms with Crippen LogP contribution in [-0.4, -0.2) is 17.7 Å². The molecule has 0 aliphatic rings. The summed E-state index contributed by atoms with van der Waals surface area (Å²) >= 11 is 0. The summed E-state index contributed by atoms with van der Waals surface area (Å²) in [4.78, 5) is 10.8. The molecule has 0 bridgehead atoms. The number of unbranched alkanes of at least 4 members (excludes halogenated alkanes) is 8.